The van der Waals surface area contributed by atoms with Crippen LogP contribution in [-0.4, -0.2) is 22.0 Å². The van der Waals surface area contributed by atoms with Crippen LogP contribution in [0.5, 0.6) is 0 Å². The van der Waals surface area contributed by atoms with Crippen LogP contribution in [0.15, 0.2) is 18.2 Å². The van der Waals surface area contributed by atoms with E-state index in [2.05, 4.69) is 5.32 Å². The van der Waals surface area contributed by atoms with Crippen LogP contribution >= 0.6 is 0 Å². The highest BCUT2D eigenvalue weighted by atomic mass is 16.6. The summed E-state index contributed by atoms with van der Waals surface area (Å²) in [6.07, 6.45) is 4.37. The normalized spacial score (nSPS) is 22.3. The van der Waals surface area contributed by atoms with Crippen LogP contribution in [-0.2, 0) is 4.79 Å². The molecule has 1 aliphatic rings. The topological polar surface area (TPSA) is 92.5 Å². The Labute approximate surface area is 123 Å². The van der Waals surface area contributed by atoms with Crippen molar-refractivity contribution in [1.82, 2.24) is 0 Å². The molecular formula is C15H20N2O4. The zero-order valence-electron chi connectivity index (χ0n) is 12.0. The molecule has 1 aromatic rings. The smallest absolute Gasteiger partial charge is 0.308 e. The quantitative estimate of drug-likeness (QED) is 0.504. The van der Waals surface area contributed by atoms with Gasteiger partial charge in [-0.3, -0.25) is 14.9 Å². The molecule has 1 aliphatic carbocycles. The minimum atomic E-state index is -0.795. The number of carboxylic acids is 1. The third kappa shape index (κ3) is 3.71. The maximum Gasteiger partial charge on any atom is 0.308 e. The zero-order valence-corrected chi connectivity index (χ0v) is 12.0. The molecular weight excluding hydrogens is 272 g/mol. The van der Waals surface area contributed by atoms with Crippen molar-refractivity contribution in [2.45, 2.75) is 45.1 Å². The van der Waals surface area contributed by atoms with Crippen LogP contribution in [0.3, 0.4) is 0 Å². The lowest BCUT2D eigenvalue weighted by Gasteiger charge is -2.24. The van der Waals surface area contributed by atoms with E-state index >= 15 is 0 Å². The third-order valence-corrected chi connectivity index (χ3v) is 4.09. The molecule has 2 N–H and O–H groups in total. The Morgan fingerprint density at radius 1 is 1.33 bits per heavy atom. The summed E-state index contributed by atoms with van der Waals surface area (Å²) >= 11 is 0. The average molecular weight is 292 g/mol. The zero-order chi connectivity index (χ0) is 15.4. The van der Waals surface area contributed by atoms with E-state index in [1.54, 1.807) is 19.1 Å². The lowest BCUT2D eigenvalue weighted by Crippen LogP contribution is -2.33. The monoisotopic (exact) mass is 292 g/mol. The van der Waals surface area contributed by atoms with Gasteiger partial charge in [0.1, 0.15) is 0 Å². The van der Waals surface area contributed by atoms with Gasteiger partial charge in [0, 0.05) is 23.4 Å². The van der Waals surface area contributed by atoms with E-state index in [0.29, 0.717) is 17.7 Å². The summed E-state index contributed by atoms with van der Waals surface area (Å²) in [6, 6.07) is 4.77. The minimum absolute atomic E-state index is 0.0560. The molecule has 1 aromatic carbocycles. The molecule has 0 aromatic heterocycles. The van der Waals surface area contributed by atoms with E-state index in [-0.39, 0.29) is 11.7 Å². The summed E-state index contributed by atoms with van der Waals surface area (Å²) in [5, 5.41) is 23.5. The van der Waals surface area contributed by atoms with E-state index in [9.17, 15) is 20.0 Å². The molecule has 0 radical (unpaired) electrons. The Morgan fingerprint density at radius 2 is 2.05 bits per heavy atom. The number of nitrogens with zero attached hydrogens (tertiary/aromatic N) is 1. The maximum atomic E-state index is 11.4. The fraction of sp³-hybridized carbons (Fsp3) is 0.533. The lowest BCUT2D eigenvalue weighted by atomic mass is 9.94. The number of nitrogens with one attached hydrogen (secondary N) is 1. The number of hydrogen-bond donors (Lipinski definition) is 2. The van der Waals surface area contributed by atoms with Crippen LogP contribution < -0.4 is 5.32 Å². The molecule has 0 aliphatic heterocycles. The summed E-state index contributed by atoms with van der Waals surface area (Å²) in [5.74, 6) is -1.23. The Balaban J connectivity index is 2.20. The number of rotatable bonds is 4. The molecule has 0 bridgehead atoms. The Bertz CT molecular complexity index is 544. The first kappa shape index (κ1) is 15.3. The van der Waals surface area contributed by atoms with Crippen molar-refractivity contribution in [3.05, 3.63) is 33.9 Å². The number of aryl methyl sites for hydroxylation is 1. The van der Waals surface area contributed by atoms with Crippen LogP contribution in [0.4, 0.5) is 11.4 Å². The van der Waals surface area contributed by atoms with Gasteiger partial charge in [-0.15, -0.1) is 0 Å². The van der Waals surface area contributed by atoms with Gasteiger partial charge >= 0.3 is 5.97 Å². The van der Waals surface area contributed by atoms with Gasteiger partial charge in [0.05, 0.1) is 10.8 Å². The van der Waals surface area contributed by atoms with Gasteiger partial charge in [0.2, 0.25) is 0 Å². The van der Waals surface area contributed by atoms with Crippen molar-refractivity contribution in [3.63, 3.8) is 0 Å². The van der Waals surface area contributed by atoms with Gasteiger partial charge in [-0.25, -0.2) is 0 Å². The van der Waals surface area contributed by atoms with Crippen molar-refractivity contribution in [2.75, 3.05) is 5.32 Å². The molecule has 114 valence electrons. The molecule has 6 nitrogen and oxygen atoms in total. The Hall–Kier alpha value is -2.11. The molecule has 0 amide bonds. The highest BCUT2D eigenvalue weighted by Crippen LogP contribution is 2.29. The highest BCUT2D eigenvalue weighted by Gasteiger charge is 2.29. The molecule has 2 unspecified atom stereocenters. The minimum Gasteiger partial charge on any atom is -0.481 e. The third-order valence-electron chi connectivity index (χ3n) is 4.09. The number of aliphatic carboxylic acids is 1. The standard InChI is InChI=1S/C15H20N2O4/c1-10-7-8-11(9-14(10)17(20)21)16-13-6-4-2-3-5-12(13)15(18)19/h7-9,12-13,16H,2-6H2,1H3,(H,18,19). The molecule has 21 heavy (non-hydrogen) atoms. The number of anilines is 1. The number of hydrogen-bond acceptors (Lipinski definition) is 4. The molecule has 2 rings (SSSR count). The predicted octanol–water partition coefficient (Wildman–Crippen LogP) is 3.35. The number of carboxylic acid groups (broad SMARTS) is 1. The van der Waals surface area contributed by atoms with Crippen LogP contribution in [0.2, 0.25) is 0 Å². The van der Waals surface area contributed by atoms with Crippen LogP contribution in [0.1, 0.15) is 37.7 Å². The number of carbonyl (C=O) groups is 1. The van der Waals surface area contributed by atoms with Gasteiger partial charge in [0.25, 0.3) is 5.69 Å². The number of nitro benzene ring substituents is 1. The molecule has 1 fully saturated rings. The van der Waals surface area contributed by atoms with Gasteiger partial charge in [0.15, 0.2) is 0 Å². The van der Waals surface area contributed by atoms with Crippen molar-refractivity contribution in [2.24, 2.45) is 5.92 Å². The second-order valence-corrected chi connectivity index (χ2v) is 5.59. The van der Waals surface area contributed by atoms with E-state index in [0.717, 1.165) is 25.7 Å². The van der Waals surface area contributed by atoms with Crippen molar-refractivity contribution < 1.29 is 14.8 Å². The first-order chi connectivity index (χ1) is 9.99. The van der Waals surface area contributed by atoms with E-state index in [4.69, 9.17) is 0 Å². The summed E-state index contributed by atoms with van der Waals surface area (Å²) < 4.78 is 0. The van der Waals surface area contributed by atoms with Crippen LogP contribution in [0.25, 0.3) is 0 Å². The van der Waals surface area contributed by atoms with Gasteiger partial charge < -0.3 is 10.4 Å². The van der Waals surface area contributed by atoms with E-state index < -0.39 is 16.8 Å². The second kappa shape index (κ2) is 6.56. The second-order valence-electron chi connectivity index (χ2n) is 5.59. The fourth-order valence-corrected chi connectivity index (χ4v) is 2.89. The lowest BCUT2D eigenvalue weighted by molar-refractivity contribution is -0.385. The first-order valence-electron chi connectivity index (χ1n) is 7.23. The van der Waals surface area contributed by atoms with E-state index in [1.807, 2.05) is 0 Å². The molecule has 2 atom stereocenters. The summed E-state index contributed by atoms with van der Waals surface area (Å²) in [7, 11) is 0. The Kier molecular flexibility index (Phi) is 4.77. The van der Waals surface area contributed by atoms with Crippen LogP contribution in [0, 0.1) is 23.0 Å². The summed E-state index contributed by atoms with van der Waals surface area (Å²) in [6.45, 7) is 1.69. The first-order valence-corrected chi connectivity index (χ1v) is 7.23. The van der Waals surface area contributed by atoms with Gasteiger partial charge in [-0.2, -0.15) is 0 Å². The van der Waals surface area contributed by atoms with Crippen molar-refractivity contribution >= 4 is 17.3 Å². The molecule has 0 saturated heterocycles. The summed E-state index contributed by atoms with van der Waals surface area (Å²) in [5.41, 5.74) is 1.27. The SMILES string of the molecule is Cc1ccc(NC2CCCCCC2C(=O)O)cc1[N+](=O)[O-]. The van der Waals surface area contributed by atoms with Crippen molar-refractivity contribution in [1.29, 1.82) is 0 Å². The predicted molar refractivity (Wildman–Crippen MR) is 79.5 cm³/mol. The average Bonchev–Trinajstić information content (AvgIpc) is 2.66. The summed E-state index contributed by atoms with van der Waals surface area (Å²) in [4.78, 5) is 22.0. The maximum absolute atomic E-state index is 11.4. The van der Waals surface area contributed by atoms with Gasteiger partial charge in [-0.05, 0) is 25.8 Å². The van der Waals surface area contributed by atoms with Crippen molar-refractivity contribution in [3.8, 4) is 0 Å². The number of nitro groups is 1. The number of benzene rings is 1. The molecule has 6 heteroatoms. The molecule has 0 spiro atoms. The molecule has 1 saturated carbocycles. The Morgan fingerprint density at radius 3 is 2.71 bits per heavy atom. The van der Waals surface area contributed by atoms with Gasteiger partial charge in [-0.1, -0.05) is 25.3 Å². The highest BCUT2D eigenvalue weighted by molar-refractivity contribution is 5.72. The largest absolute Gasteiger partial charge is 0.481 e. The molecule has 0 heterocycles. The van der Waals surface area contributed by atoms with E-state index in [1.165, 1.54) is 6.07 Å². The fourth-order valence-electron chi connectivity index (χ4n) is 2.89.